The number of aromatic nitrogens is 1. The van der Waals surface area contributed by atoms with Gasteiger partial charge >= 0.3 is 6.03 Å². The Balaban J connectivity index is 1.62. The Labute approximate surface area is 182 Å². The van der Waals surface area contributed by atoms with Crippen LogP contribution >= 0.6 is 11.3 Å². The van der Waals surface area contributed by atoms with Gasteiger partial charge in [0.2, 0.25) is 0 Å². The minimum Gasteiger partial charge on any atom is -0.331 e. The number of nitrogens with one attached hydrogen (secondary N) is 2. The van der Waals surface area contributed by atoms with Crippen molar-refractivity contribution in [3.05, 3.63) is 69.9 Å². The van der Waals surface area contributed by atoms with E-state index in [1.54, 1.807) is 0 Å². The molecule has 0 aliphatic carbocycles. The highest BCUT2D eigenvalue weighted by molar-refractivity contribution is 7.15. The van der Waals surface area contributed by atoms with Crippen molar-refractivity contribution in [3.8, 4) is 5.00 Å². The molecule has 3 aromatic rings. The predicted octanol–water partition coefficient (Wildman–Crippen LogP) is 5.42. The molecule has 5 nitrogen and oxygen atoms in total. The fourth-order valence-corrected chi connectivity index (χ4v) is 5.54. The maximum absolute atomic E-state index is 12.9. The summed E-state index contributed by atoms with van der Waals surface area (Å²) in [5.41, 5.74) is 5.91. The molecule has 158 valence electrons. The van der Waals surface area contributed by atoms with Crippen LogP contribution in [0.1, 0.15) is 46.5 Å². The van der Waals surface area contributed by atoms with Crippen molar-refractivity contribution < 1.29 is 4.79 Å². The fourth-order valence-electron chi connectivity index (χ4n) is 4.09. The molecule has 6 heteroatoms. The lowest BCUT2D eigenvalue weighted by Gasteiger charge is -2.25. The third-order valence-corrected chi connectivity index (χ3v) is 7.18. The van der Waals surface area contributed by atoms with Gasteiger partial charge in [0, 0.05) is 41.6 Å². The lowest BCUT2D eigenvalue weighted by molar-refractivity contribution is 0.248. The number of thiophene rings is 1. The summed E-state index contributed by atoms with van der Waals surface area (Å²) in [6, 6.07) is 9.93. The van der Waals surface area contributed by atoms with Crippen LogP contribution < -0.4 is 10.6 Å². The Morgan fingerprint density at radius 2 is 1.97 bits per heavy atom. The van der Waals surface area contributed by atoms with E-state index in [-0.39, 0.29) is 12.1 Å². The zero-order valence-corrected chi connectivity index (χ0v) is 19.0. The summed E-state index contributed by atoms with van der Waals surface area (Å²) in [5, 5.41) is 7.48. The molecule has 2 aromatic heterocycles. The number of fused-ring (bicyclic) bond motifs is 1. The number of carbonyl (C=O) groups excluding carboxylic acids is 1. The van der Waals surface area contributed by atoms with Crippen molar-refractivity contribution in [2.24, 2.45) is 0 Å². The molecule has 0 spiro atoms. The number of aryl methyl sites for hydroxylation is 2. The number of amides is 2. The van der Waals surface area contributed by atoms with E-state index in [4.69, 9.17) is 0 Å². The standard InChI is InChI=1S/C24H30N4OS/c1-5-20(26-24(29)25-18-9-8-16(2)17(3)14-18)22-19-10-13-27(4)15-21(19)30-23(22)28-11-6-7-12-28/h6-9,11-12,14,20H,5,10,13,15H2,1-4H3,(H2,25,26,29)/t20-/m0/s1. The van der Waals surface area contributed by atoms with E-state index >= 15 is 0 Å². The highest BCUT2D eigenvalue weighted by atomic mass is 32.1. The summed E-state index contributed by atoms with van der Waals surface area (Å²) >= 11 is 1.85. The normalized spacial score (nSPS) is 14.9. The van der Waals surface area contributed by atoms with Gasteiger partial charge in [0.25, 0.3) is 0 Å². The minimum atomic E-state index is -0.156. The molecule has 0 bridgehead atoms. The molecule has 4 rings (SSSR count). The van der Waals surface area contributed by atoms with Crippen LogP contribution in [0.15, 0.2) is 42.7 Å². The van der Waals surface area contributed by atoms with Crippen LogP contribution in [0, 0.1) is 13.8 Å². The van der Waals surface area contributed by atoms with Crippen molar-refractivity contribution in [2.45, 2.75) is 46.2 Å². The zero-order chi connectivity index (χ0) is 21.3. The van der Waals surface area contributed by atoms with Gasteiger partial charge in [-0.25, -0.2) is 4.79 Å². The second kappa shape index (κ2) is 8.66. The van der Waals surface area contributed by atoms with Crippen molar-refractivity contribution in [3.63, 3.8) is 0 Å². The smallest absolute Gasteiger partial charge is 0.319 e. The topological polar surface area (TPSA) is 49.3 Å². The highest BCUT2D eigenvalue weighted by Gasteiger charge is 2.28. The molecule has 2 amide bonds. The van der Waals surface area contributed by atoms with E-state index in [1.807, 2.05) is 29.5 Å². The average Bonchev–Trinajstić information content (AvgIpc) is 3.36. The molecule has 0 saturated carbocycles. The van der Waals surface area contributed by atoms with Crippen molar-refractivity contribution in [1.82, 2.24) is 14.8 Å². The summed E-state index contributed by atoms with van der Waals surface area (Å²) in [7, 11) is 2.17. The number of benzene rings is 1. The summed E-state index contributed by atoms with van der Waals surface area (Å²) in [6.45, 7) is 8.30. The lowest BCUT2D eigenvalue weighted by atomic mass is 9.96. The minimum absolute atomic E-state index is 0.0302. The van der Waals surface area contributed by atoms with Crippen molar-refractivity contribution in [2.75, 3.05) is 18.9 Å². The predicted molar refractivity (Wildman–Crippen MR) is 125 cm³/mol. The second-order valence-corrected chi connectivity index (χ2v) is 9.24. The summed E-state index contributed by atoms with van der Waals surface area (Å²) in [4.78, 5) is 16.6. The van der Waals surface area contributed by atoms with E-state index in [2.05, 4.69) is 72.4 Å². The van der Waals surface area contributed by atoms with E-state index < -0.39 is 0 Å². The van der Waals surface area contributed by atoms with E-state index in [1.165, 1.54) is 32.1 Å². The van der Waals surface area contributed by atoms with E-state index in [9.17, 15) is 4.79 Å². The van der Waals surface area contributed by atoms with E-state index in [0.717, 1.165) is 31.6 Å². The number of urea groups is 1. The number of anilines is 1. The van der Waals surface area contributed by atoms with Gasteiger partial charge in [-0.15, -0.1) is 11.3 Å². The quantitative estimate of drug-likeness (QED) is 0.577. The SMILES string of the molecule is CC[C@H](NC(=O)Nc1ccc(C)c(C)c1)c1c(-n2cccc2)sc2c1CCN(C)C2. The van der Waals surface area contributed by atoms with Crippen molar-refractivity contribution in [1.29, 1.82) is 0 Å². The molecule has 0 saturated heterocycles. The molecule has 0 unspecified atom stereocenters. The number of likely N-dealkylation sites (N-methyl/N-ethyl adjacent to an activating group) is 1. The summed E-state index contributed by atoms with van der Waals surface area (Å²) < 4.78 is 2.18. The number of carbonyl (C=O) groups is 1. The largest absolute Gasteiger partial charge is 0.331 e. The number of nitrogens with zero attached hydrogens (tertiary/aromatic N) is 2. The molecule has 1 atom stereocenters. The third-order valence-electron chi connectivity index (χ3n) is 5.93. The van der Waals surface area contributed by atoms with Crippen LogP contribution in [0.4, 0.5) is 10.5 Å². The Bertz CT molecular complexity index is 1040. The van der Waals surface area contributed by atoms with Crippen LogP contribution in [0.2, 0.25) is 0 Å². The molecule has 1 aliphatic rings. The van der Waals surface area contributed by atoms with Crippen molar-refractivity contribution >= 4 is 23.1 Å². The average molecular weight is 423 g/mol. The van der Waals surface area contributed by atoms with Crippen LogP contribution in [0.5, 0.6) is 0 Å². The molecular weight excluding hydrogens is 392 g/mol. The van der Waals surface area contributed by atoms with Crippen LogP contribution in [-0.2, 0) is 13.0 Å². The Morgan fingerprint density at radius 1 is 1.20 bits per heavy atom. The molecule has 30 heavy (non-hydrogen) atoms. The lowest BCUT2D eigenvalue weighted by Crippen LogP contribution is -2.34. The Hall–Kier alpha value is -2.57. The van der Waals surface area contributed by atoms with Gasteiger partial charge in [0.15, 0.2) is 0 Å². The zero-order valence-electron chi connectivity index (χ0n) is 18.2. The first kappa shape index (κ1) is 20.7. The number of hydrogen-bond acceptors (Lipinski definition) is 3. The monoisotopic (exact) mass is 422 g/mol. The molecule has 3 heterocycles. The summed E-state index contributed by atoms with van der Waals surface area (Å²) in [6.07, 6.45) is 6.04. The van der Waals surface area contributed by atoms with Gasteiger partial charge in [0.1, 0.15) is 5.00 Å². The van der Waals surface area contributed by atoms with Crippen LogP contribution in [0.25, 0.3) is 5.00 Å². The maximum Gasteiger partial charge on any atom is 0.319 e. The first-order chi connectivity index (χ1) is 14.5. The van der Waals surface area contributed by atoms with Gasteiger partial charge in [0.05, 0.1) is 6.04 Å². The molecule has 0 radical (unpaired) electrons. The molecule has 1 aliphatic heterocycles. The van der Waals surface area contributed by atoms with Gasteiger partial charge in [-0.2, -0.15) is 0 Å². The number of rotatable bonds is 5. The molecule has 1 aromatic carbocycles. The van der Waals surface area contributed by atoms with Gasteiger partial charge in [-0.1, -0.05) is 13.0 Å². The van der Waals surface area contributed by atoms with Crippen LogP contribution in [-0.4, -0.2) is 29.1 Å². The van der Waals surface area contributed by atoms with Gasteiger partial charge in [-0.3, -0.25) is 0 Å². The van der Waals surface area contributed by atoms with Crippen LogP contribution in [0.3, 0.4) is 0 Å². The third kappa shape index (κ3) is 4.16. The number of hydrogen-bond donors (Lipinski definition) is 2. The highest BCUT2D eigenvalue weighted by Crippen LogP contribution is 2.40. The van der Waals surface area contributed by atoms with Gasteiger partial charge < -0.3 is 20.1 Å². The first-order valence-electron chi connectivity index (χ1n) is 10.6. The van der Waals surface area contributed by atoms with E-state index in [0.29, 0.717) is 0 Å². The van der Waals surface area contributed by atoms with Gasteiger partial charge in [-0.05, 0) is 74.7 Å². The molecule has 0 fully saturated rings. The first-order valence-corrected chi connectivity index (χ1v) is 11.4. The fraction of sp³-hybridized carbons (Fsp3) is 0.375. The second-order valence-electron chi connectivity index (χ2n) is 8.16. The molecule has 2 N–H and O–H groups in total. The Morgan fingerprint density at radius 3 is 2.67 bits per heavy atom. The molecular formula is C24H30N4OS. The Kier molecular flexibility index (Phi) is 5.97. The summed E-state index contributed by atoms with van der Waals surface area (Å²) in [5.74, 6) is 0. The maximum atomic E-state index is 12.9.